The number of ether oxygens (including phenoxy) is 1. The fraction of sp³-hybridized carbons (Fsp3) is 0.444. The summed E-state index contributed by atoms with van der Waals surface area (Å²) in [6.45, 7) is 1.80. The monoisotopic (exact) mass is 379 g/mol. The van der Waals surface area contributed by atoms with Crippen LogP contribution in [-0.2, 0) is 0 Å². The van der Waals surface area contributed by atoms with Gasteiger partial charge < -0.3 is 24.2 Å². The van der Waals surface area contributed by atoms with Gasteiger partial charge in [0.25, 0.3) is 0 Å². The van der Waals surface area contributed by atoms with E-state index in [2.05, 4.69) is 4.90 Å². The van der Waals surface area contributed by atoms with E-state index >= 15 is 0 Å². The number of aromatic nitrogens is 1. The van der Waals surface area contributed by atoms with Crippen molar-refractivity contribution < 1.29 is 23.4 Å². The van der Waals surface area contributed by atoms with Crippen molar-refractivity contribution in [1.29, 1.82) is 0 Å². The van der Waals surface area contributed by atoms with Crippen molar-refractivity contribution >= 4 is 22.6 Å². The third-order valence-electron chi connectivity index (χ3n) is 5.24. The molecule has 2 aliphatic heterocycles. The molecule has 0 aliphatic carbocycles. The minimum absolute atomic E-state index is 0.0648. The molecular weight excluding hydrogens is 360 g/mol. The number of likely N-dealkylation sites (N-methyl/N-ethyl adjacent to an activating group) is 1. The summed E-state index contributed by atoms with van der Waals surface area (Å²) in [4.78, 5) is 27.9. The van der Waals surface area contributed by atoms with Crippen LogP contribution in [0.15, 0.2) is 17.1 Å². The lowest BCUT2D eigenvalue weighted by Gasteiger charge is -2.37. The Labute approximate surface area is 153 Å². The Morgan fingerprint density at radius 2 is 2.04 bits per heavy atom. The second-order valence-corrected chi connectivity index (χ2v) is 6.93. The Morgan fingerprint density at radius 1 is 1.33 bits per heavy atom. The molecule has 0 saturated carbocycles. The van der Waals surface area contributed by atoms with Crippen molar-refractivity contribution in [3.63, 3.8) is 0 Å². The van der Waals surface area contributed by atoms with Crippen LogP contribution in [0.2, 0.25) is 0 Å². The molecule has 4 rings (SSSR count). The van der Waals surface area contributed by atoms with Gasteiger partial charge in [-0.15, -0.1) is 0 Å². The SMILES string of the molecule is CN1CCN(c2c(F)cc3c(=O)c(C(=O)O)cn4c3c2OCC4CF)CC1. The predicted octanol–water partition coefficient (Wildman–Crippen LogP) is 1.49. The molecule has 7 nitrogen and oxygen atoms in total. The molecule has 1 aromatic carbocycles. The second kappa shape index (κ2) is 6.49. The number of aromatic carboxylic acids is 1. The molecule has 144 valence electrons. The van der Waals surface area contributed by atoms with Crippen molar-refractivity contribution in [1.82, 2.24) is 9.47 Å². The van der Waals surface area contributed by atoms with E-state index in [1.54, 1.807) is 0 Å². The van der Waals surface area contributed by atoms with E-state index in [-0.39, 0.29) is 28.9 Å². The van der Waals surface area contributed by atoms with Crippen LogP contribution in [0.1, 0.15) is 16.4 Å². The maximum Gasteiger partial charge on any atom is 0.341 e. The number of piperazine rings is 1. The Bertz CT molecular complexity index is 983. The topological polar surface area (TPSA) is 75.0 Å². The van der Waals surface area contributed by atoms with E-state index in [4.69, 9.17) is 4.74 Å². The lowest BCUT2D eigenvalue weighted by atomic mass is 10.1. The highest BCUT2D eigenvalue weighted by Gasteiger charge is 2.32. The summed E-state index contributed by atoms with van der Waals surface area (Å²) in [5.74, 6) is -1.90. The number of carboxylic acids is 1. The maximum atomic E-state index is 15.0. The first-order valence-corrected chi connectivity index (χ1v) is 8.69. The number of alkyl halides is 1. The van der Waals surface area contributed by atoms with Crippen LogP contribution in [0.5, 0.6) is 5.75 Å². The van der Waals surface area contributed by atoms with Crippen molar-refractivity contribution in [3.8, 4) is 5.75 Å². The number of carboxylic acid groups (broad SMARTS) is 1. The van der Waals surface area contributed by atoms with Gasteiger partial charge in [-0.1, -0.05) is 0 Å². The summed E-state index contributed by atoms with van der Waals surface area (Å²) >= 11 is 0. The summed E-state index contributed by atoms with van der Waals surface area (Å²) in [6.07, 6.45) is 1.13. The summed E-state index contributed by atoms with van der Waals surface area (Å²) in [6, 6.07) is 0.270. The molecule has 1 saturated heterocycles. The van der Waals surface area contributed by atoms with Crippen LogP contribution in [0.25, 0.3) is 10.9 Å². The molecule has 2 aliphatic rings. The van der Waals surface area contributed by atoms with E-state index in [0.717, 1.165) is 25.4 Å². The molecule has 1 unspecified atom stereocenters. The number of hydrogen-bond donors (Lipinski definition) is 1. The zero-order valence-electron chi connectivity index (χ0n) is 14.7. The summed E-state index contributed by atoms with van der Waals surface area (Å²) in [5, 5.41) is 9.19. The molecular formula is C18H19F2N3O4. The Balaban J connectivity index is 2.01. The van der Waals surface area contributed by atoms with Gasteiger partial charge >= 0.3 is 5.97 Å². The molecule has 1 N–H and O–H groups in total. The van der Waals surface area contributed by atoms with E-state index in [0.29, 0.717) is 13.1 Å². The van der Waals surface area contributed by atoms with Crippen LogP contribution in [-0.4, -0.2) is 67.1 Å². The first-order chi connectivity index (χ1) is 12.9. The van der Waals surface area contributed by atoms with Gasteiger partial charge in [-0.3, -0.25) is 4.79 Å². The van der Waals surface area contributed by atoms with Crippen LogP contribution < -0.4 is 15.1 Å². The smallest absolute Gasteiger partial charge is 0.341 e. The molecule has 0 amide bonds. The van der Waals surface area contributed by atoms with E-state index in [9.17, 15) is 23.5 Å². The van der Waals surface area contributed by atoms with Crippen LogP contribution >= 0.6 is 0 Å². The quantitative estimate of drug-likeness (QED) is 0.871. The van der Waals surface area contributed by atoms with Gasteiger partial charge in [0, 0.05) is 32.4 Å². The van der Waals surface area contributed by atoms with Crippen molar-refractivity contribution in [3.05, 3.63) is 33.9 Å². The molecule has 1 fully saturated rings. The molecule has 2 aromatic rings. The van der Waals surface area contributed by atoms with Gasteiger partial charge in [0.15, 0.2) is 11.6 Å². The number of carbonyl (C=O) groups is 1. The van der Waals surface area contributed by atoms with Crippen LogP contribution in [0.4, 0.5) is 14.5 Å². The molecule has 1 atom stereocenters. The predicted molar refractivity (Wildman–Crippen MR) is 95.3 cm³/mol. The molecule has 27 heavy (non-hydrogen) atoms. The van der Waals surface area contributed by atoms with Gasteiger partial charge in [0.1, 0.15) is 24.5 Å². The third-order valence-corrected chi connectivity index (χ3v) is 5.24. The number of halogens is 2. The highest BCUT2D eigenvalue weighted by molar-refractivity contribution is 5.97. The highest BCUT2D eigenvalue weighted by atomic mass is 19.1. The zero-order chi connectivity index (χ0) is 19.3. The highest BCUT2D eigenvalue weighted by Crippen LogP contribution is 2.42. The lowest BCUT2D eigenvalue weighted by molar-refractivity contribution is 0.0694. The van der Waals surface area contributed by atoms with E-state index in [1.165, 1.54) is 4.57 Å². The molecule has 1 aromatic heterocycles. The van der Waals surface area contributed by atoms with Crippen LogP contribution in [0.3, 0.4) is 0 Å². The zero-order valence-corrected chi connectivity index (χ0v) is 14.7. The normalized spacial score (nSPS) is 20.0. The maximum absolute atomic E-state index is 15.0. The number of rotatable bonds is 3. The first-order valence-electron chi connectivity index (χ1n) is 8.69. The van der Waals surface area contributed by atoms with Crippen molar-refractivity contribution in [2.45, 2.75) is 6.04 Å². The summed E-state index contributed by atoms with van der Waals surface area (Å²) in [7, 11) is 1.98. The minimum Gasteiger partial charge on any atom is -0.487 e. The van der Waals surface area contributed by atoms with Crippen molar-refractivity contribution in [2.75, 3.05) is 51.4 Å². The van der Waals surface area contributed by atoms with Gasteiger partial charge in [0.2, 0.25) is 5.43 Å². The minimum atomic E-state index is -1.43. The average Bonchev–Trinajstić information content (AvgIpc) is 2.65. The van der Waals surface area contributed by atoms with E-state index in [1.807, 2.05) is 11.9 Å². The van der Waals surface area contributed by atoms with Crippen LogP contribution in [0, 0.1) is 5.82 Å². The fourth-order valence-corrected chi connectivity index (χ4v) is 3.72. The van der Waals surface area contributed by atoms with Gasteiger partial charge in [-0.2, -0.15) is 0 Å². The number of benzene rings is 1. The largest absolute Gasteiger partial charge is 0.487 e. The van der Waals surface area contributed by atoms with Gasteiger partial charge in [-0.25, -0.2) is 13.6 Å². The van der Waals surface area contributed by atoms with Crippen molar-refractivity contribution in [2.24, 2.45) is 0 Å². The Kier molecular flexibility index (Phi) is 4.26. The number of pyridine rings is 1. The second-order valence-electron chi connectivity index (χ2n) is 6.93. The Morgan fingerprint density at radius 3 is 2.67 bits per heavy atom. The number of hydrogen-bond acceptors (Lipinski definition) is 5. The number of nitrogens with zero attached hydrogens (tertiary/aromatic N) is 3. The number of anilines is 1. The summed E-state index contributed by atoms with van der Waals surface area (Å²) < 4.78 is 35.6. The molecule has 3 heterocycles. The van der Waals surface area contributed by atoms with Gasteiger partial charge in [-0.05, 0) is 13.1 Å². The standard InChI is InChI=1S/C18H19F2N3O4/c1-21-2-4-22(5-3-21)15-13(20)6-11-14-17(15)27-9-10(7-19)23(14)8-12(16(11)24)18(25)26/h6,8,10H,2-5,7,9H2,1H3,(H,25,26). The Hall–Kier alpha value is -2.68. The first kappa shape index (κ1) is 17.7. The van der Waals surface area contributed by atoms with Gasteiger partial charge in [0.05, 0.1) is 16.9 Å². The average molecular weight is 379 g/mol. The molecule has 0 bridgehead atoms. The molecule has 0 spiro atoms. The van der Waals surface area contributed by atoms with E-state index < -0.39 is 35.5 Å². The summed E-state index contributed by atoms with van der Waals surface area (Å²) in [5.41, 5.74) is -0.833. The fourth-order valence-electron chi connectivity index (χ4n) is 3.72. The lowest BCUT2D eigenvalue weighted by Crippen LogP contribution is -2.45. The molecule has 9 heteroatoms. The molecule has 0 radical (unpaired) electrons. The third kappa shape index (κ3) is 2.73.